The lowest BCUT2D eigenvalue weighted by atomic mass is 9.91. The van der Waals surface area contributed by atoms with Crippen molar-refractivity contribution in [2.24, 2.45) is 5.41 Å². The molecule has 1 aliphatic heterocycles. The zero-order valence-electron chi connectivity index (χ0n) is 22.3. The predicted octanol–water partition coefficient (Wildman–Crippen LogP) is 7.49. The number of urea groups is 1. The van der Waals surface area contributed by atoms with E-state index in [-0.39, 0.29) is 17.9 Å². The number of unbranched alkanes of at least 4 members (excludes halogenated alkanes) is 1. The maximum absolute atomic E-state index is 13.3. The van der Waals surface area contributed by atoms with Gasteiger partial charge in [-0.25, -0.2) is 9.59 Å². The summed E-state index contributed by atoms with van der Waals surface area (Å²) < 4.78 is 5.45. The lowest BCUT2D eigenvalue weighted by Crippen LogP contribution is -2.40. The maximum Gasteiger partial charge on any atom is 0.422 e. The quantitative estimate of drug-likeness (QED) is 0.328. The van der Waals surface area contributed by atoms with Gasteiger partial charge in [-0.15, -0.1) is 0 Å². The van der Waals surface area contributed by atoms with Crippen LogP contribution in [0.1, 0.15) is 58.4 Å². The summed E-state index contributed by atoms with van der Waals surface area (Å²) in [6.45, 7) is 11.0. The van der Waals surface area contributed by atoms with Crippen molar-refractivity contribution < 1.29 is 14.3 Å². The largest absolute Gasteiger partial charge is 0.449 e. The number of aromatic nitrogens is 1. The molecule has 2 N–H and O–H groups in total. The number of nitrogens with zero attached hydrogens (tertiary/aromatic N) is 2. The lowest BCUT2D eigenvalue weighted by molar-refractivity contribution is 0.153. The number of carbonyl (C=O) groups is 2. The Balaban J connectivity index is 1.62. The molecule has 196 valence electrons. The molecule has 0 aliphatic carbocycles. The highest BCUT2D eigenvalue weighted by Crippen LogP contribution is 2.34. The Morgan fingerprint density at radius 1 is 1.16 bits per heavy atom. The minimum absolute atomic E-state index is 0.238. The van der Waals surface area contributed by atoms with Crippen LogP contribution in [0.4, 0.5) is 21.0 Å². The predicted molar refractivity (Wildman–Crippen MR) is 150 cm³/mol. The molecular weight excluding hydrogens is 464 g/mol. The standard InChI is InChI=1S/C30H38N4O3/c1-5-6-18-37-29(36)34(28(35)32-23-10-8-7-9-11-23)24-12-13-27-25(19-24)26(20-31-27)22-14-16-33(17-15-22)21-30(2,3)4/h7-14,16,19-20,22,31H,5-6,15,17-18,21H2,1-4H3,(H,32,35). The van der Waals surface area contributed by atoms with E-state index in [1.807, 2.05) is 43.5 Å². The molecule has 4 rings (SSSR count). The van der Waals surface area contributed by atoms with Crippen molar-refractivity contribution in [3.05, 3.63) is 72.6 Å². The van der Waals surface area contributed by atoms with E-state index in [9.17, 15) is 9.59 Å². The fourth-order valence-corrected chi connectivity index (χ4v) is 4.65. The van der Waals surface area contributed by atoms with Crippen LogP contribution in [0.3, 0.4) is 0 Å². The van der Waals surface area contributed by atoms with Gasteiger partial charge in [0.1, 0.15) is 0 Å². The molecule has 1 aromatic heterocycles. The first-order chi connectivity index (χ1) is 17.7. The van der Waals surface area contributed by atoms with Crippen molar-refractivity contribution >= 4 is 34.4 Å². The summed E-state index contributed by atoms with van der Waals surface area (Å²) in [5.41, 5.74) is 3.44. The van der Waals surface area contributed by atoms with E-state index in [4.69, 9.17) is 4.74 Å². The van der Waals surface area contributed by atoms with Gasteiger partial charge in [0.25, 0.3) is 0 Å². The highest BCUT2D eigenvalue weighted by atomic mass is 16.6. The zero-order chi connectivity index (χ0) is 26.4. The number of rotatable bonds is 7. The average Bonchev–Trinajstić information content (AvgIpc) is 3.28. The molecule has 3 aromatic rings. The fraction of sp³-hybridized carbons (Fsp3) is 0.400. The Kier molecular flexibility index (Phi) is 8.21. The Bertz CT molecular complexity index is 1240. The number of H-pyrrole nitrogens is 1. The van der Waals surface area contributed by atoms with Gasteiger partial charge in [0, 0.05) is 41.8 Å². The minimum Gasteiger partial charge on any atom is -0.449 e. The monoisotopic (exact) mass is 502 g/mol. The molecule has 7 nitrogen and oxygen atoms in total. The van der Waals surface area contributed by atoms with Crippen molar-refractivity contribution in [2.75, 3.05) is 29.9 Å². The molecule has 2 aromatic carbocycles. The summed E-state index contributed by atoms with van der Waals surface area (Å²) in [7, 11) is 0. The second-order valence-electron chi connectivity index (χ2n) is 10.8. The zero-order valence-corrected chi connectivity index (χ0v) is 22.3. The van der Waals surface area contributed by atoms with Gasteiger partial charge in [0.15, 0.2) is 0 Å². The summed E-state index contributed by atoms with van der Waals surface area (Å²) in [6.07, 6.45) is 8.44. The Labute approximate surface area is 219 Å². The van der Waals surface area contributed by atoms with Crippen LogP contribution in [0.2, 0.25) is 0 Å². The molecule has 2 heterocycles. The fourth-order valence-electron chi connectivity index (χ4n) is 4.65. The minimum atomic E-state index is -0.686. The molecule has 1 unspecified atom stereocenters. The molecule has 0 radical (unpaired) electrons. The molecule has 3 amide bonds. The number of benzene rings is 2. The number of hydrogen-bond acceptors (Lipinski definition) is 4. The Morgan fingerprint density at radius 2 is 1.95 bits per heavy atom. The number of imide groups is 1. The number of fused-ring (bicyclic) bond motifs is 1. The van der Waals surface area contributed by atoms with Gasteiger partial charge in [0.2, 0.25) is 0 Å². The molecule has 1 atom stereocenters. The van der Waals surface area contributed by atoms with Crippen molar-refractivity contribution in [2.45, 2.75) is 52.9 Å². The summed E-state index contributed by atoms with van der Waals surface area (Å²) >= 11 is 0. The van der Waals surface area contributed by atoms with E-state index >= 15 is 0 Å². The van der Waals surface area contributed by atoms with Gasteiger partial charge >= 0.3 is 12.1 Å². The van der Waals surface area contributed by atoms with E-state index in [1.54, 1.807) is 18.2 Å². The number of para-hydroxylation sites is 1. The van der Waals surface area contributed by atoms with Gasteiger partial charge in [-0.3, -0.25) is 0 Å². The number of anilines is 2. The summed E-state index contributed by atoms with van der Waals surface area (Å²) in [5, 5.41) is 3.81. The van der Waals surface area contributed by atoms with Crippen LogP contribution < -0.4 is 10.2 Å². The summed E-state index contributed by atoms with van der Waals surface area (Å²) in [5.74, 6) is 0.253. The molecule has 37 heavy (non-hydrogen) atoms. The Morgan fingerprint density at radius 3 is 2.62 bits per heavy atom. The van der Waals surface area contributed by atoms with Gasteiger partial charge in [-0.05, 0) is 60.4 Å². The van der Waals surface area contributed by atoms with Crippen LogP contribution in [0, 0.1) is 5.41 Å². The molecule has 0 bridgehead atoms. The molecule has 0 fully saturated rings. The van der Waals surface area contributed by atoms with Crippen molar-refractivity contribution in [1.29, 1.82) is 0 Å². The third-order valence-electron chi connectivity index (χ3n) is 6.42. The second kappa shape index (κ2) is 11.5. The van der Waals surface area contributed by atoms with E-state index in [2.05, 4.69) is 48.2 Å². The third kappa shape index (κ3) is 6.73. The SMILES string of the molecule is CCCCOC(=O)N(C(=O)Nc1ccccc1)c1ccc2[nH]cc(C3C=CN(CC(C)(C)C)CC3)c2c1. The van der Waals surface area contributed by atoms with Crippen LogP contribution in [0.5, 0.6) is 0 Å². The van der Waals surface area contributed by atoms with E-state index < -0.39 is 12.1 Å². The first-order valence-corrected chi connectivity index (χ1v) is 13.1. The molecule has 0 saturated carbocycles. The van der Waals surface area contributed by atoms with E-state index in [0.717, 1.165) is 53.7 Å². The Hall–Kier alpha value is -3.74. The van der Waals surface area contributed by atoms with E-state index in [1.165, 1.54) is 0 Å². The number of aromatic amines is 1. The average molecular weight is 503 g/mol. The molecule has 1 aliphatic rings. The maximum atomic E-state index is 13.3. The van der Waals surface area contributed by atoms with Crippen LogP contribution >= 0.6 is 0 Å². The van der Waals surface area contributed by atoms with Crippen LogP contribution in [-0.2, 0) is 4.74 Å². The van der Waals surface area contributed by atoms with Crippen LogP contribution in [0.25, 0.3) is 10.9 Å². The number of carbonyl (C=O) groups excluding carboxylic acids is 2. The van der Waals surface area contributed by atoms with Gasteiger partial charge < -0.3 is 19.9 Å². The number of nitrogens with one attached hydrogen (secondary N) is 2. The highest BCUT2D eigenvalue weighted by molar-refractivity contribution is 6.17. The van der Waals surface area contributed by atoms with Crippen LogP contribution in [0.15, 0.2) is 67.0 Å². The van der Waals surface area contributed by atoms with Gasteiger partial charge in [-0.1, -0.05) is 58.4 Å². The summed E-state index contributed by atoms with van der Waals surface area (Å²) in [4.78, 5) is 33.2. The van der Waals surface area contributed by atoms with Crippen molar-refractivity contribution in [3.8, 4) is 0 Å². The molecule has 0 saturated heterocycles. The normalized spacial score (nSPS) is 15.6. The number of allylic oxidation sites excluding steroid dienone is 1. The van der Waals surface area contributed by atoms with Gasteiger partial charge in [0.05, 0.1) is 12.3 Å². The van der Waals surface area contributed by atoms with Crippen LogP contribution in [-0.4, -0.2) is 41.7 Å². The molecule has 7 heteroatoms. The highest BCUT2D eigenvalue weighted by Gasteiger charge is 2.27. The van der Waals surface area contributed by atoms with Gasteiger partial charge in [-0.2, -0.15) is 4.90 Å². The molecule has 0 spiro atoms. The van der Waals surface area contributed by atoms with E-state index in [0.29, 0.717) is 11.4 Å². The first-order valence-electron chi connectivity index (χ1n) is 13.1. The number of amides is 3. The smallest absolute Gasteiger partial charge is 0.422 e. The first kappa shape index (κ1) is 26.3. The molecular formula is C30H38N4O3. The second-order valence-corrected chi connectivity index (χ2v) is 10.8. The number of ether oxygens (including phenoxy) is 1. The summed E-state index contributed by atoms with van der Waals surface area (Å²) in [6, 6.07) is 14.1. The topological polar surface area (TPSA) is 77.7 Å². The number of hydrogen-bond donors (Lipinski definition) is 2. The van der Waals surface area contributed by atoms with Crippen molar-refractivity contribution in [3.63, 3.8) is 0 Å². The lowest BCUT2D eigenvalue weighted by Gasteiger charge is -2.33. The third-order valence-corrected chi connectivity index (χ3v) is 6.42. The van der Waals surface area contributed by atoms with Crippen molar-refractivity contribution in [1.82, 2.24) is 9.88 Å².